The summed E-state index contributed by atoms with van der Waals surface area (Å²) in [7, 11) is 3.47. The van der Waals surface area contributed by atoms with Crippen LogP contribution in [0.2, 0.25) is 4.34 Å². The molecule has 0 radical (unpaired) electrons. The van der Waals surface area contributed by atoms with Crippen molar-refractivity contribution in [2.24, 2.45) is 0 Å². The van der Waals surface area contributed by atoms with Crippen molar-refractivity contribution in [1.29, 1.82) is 0 Å². The van der Waals surface area contributed by atoms with E-state index >= 15 is 0 Å². The topological polar surface area (TPSA) is 66.4 Å². The first-order chi connectivity index (χ1) is 12.8. The molecule has 0 aliphatic rings. The van der Waals surface area contributed by atoms with Gasteiger partial charge in [0.25, 0.3) is 0 Å². The molecule has 3 rings (SSSR count). The minimum absolute atomic E-state index is 0.0248. The molecule has 142 valence electrons. The van der Waals surface area contributed by atoms with E-state index < -0.39 is 0 Å². The summed E-state index contributed by atoms with van der Waals surface area (Å²) in [6, 6.07) is 10.8. The fourth-order valence-corrected chi connectivity index (χ4v) is 3.76. The van der Waals surface area contributed by atoms with E-state index in [1.54, 1.807) is 19.0 Å². The maximum absolute atomic E-state index is 12.3. The van der Waals surface area contributed by atoms with Gasteiger partial charge in [-0.2, -0.15) is 0 Å². The summed E-state index contributed by atoms with van der Waals surface area (Å²) >= 11 is 7.39. The number of rotatable bonds is 5. The van der Waals surface area contributed by atoms with Crippen molar-refractivity contribution in [3.63, 3.8) is 0 Å². The predicted octanol–water partition coefficient (Wildman–Crippen LogP) is 4.33. The lowest BCUT2D eigenvalue weighted by Gasteiger charge is -2.14. The van der Waals surface area contributed by atoms with E-state index in [0.29, 0.717) is 10.0 Å². The Hall–Kier alpha value is -2.51. The molecule has 0 bridgehead atoms. The van der Waals surface area contributed by atoms with E-state index in [4.69, 9.17) is 11.6 Å². The Balaban J connectivity index is 1.67. The summed E-state index contributed by atoms with van der Waals surface area (Å²) in [4.78, 5) is 26.7. The summed E-state index contributed by atoms with van der Waals surface area (Å²) < 4.78 is 2.59. The number of aromatic nitrogens is 1. The van der Waals surface area contributed by atoms with Gasteiger partial charge >= 0.3 is 6.03 Å². The van der Waals surface area contributed by atoms with Crippen LogP contribution in [0.15, 0.2) is 42.6 Å². The molecule has 3 amide bonds. The molecule has 1 atom stereocenters. The molecular formula is C19H21ClN4O2S. The minimum atomic E-state index is -0.284. The smallest absolute Gasteiger partial charge is 0.319 e. The SMILES string of the molecule is CC(NC(=O)Nc1ccc2c(ccn2CC(=O)N(C)C)c1)c1ccc(Cl)s1. The molecule has 0 fully saturated rings. The normalized spacial score (nSPS) is 12.0. The molecule has 0 saturated heterocycles. The van der Waals surface area contributed by atoms with Crippen molar-refractivity contribution in [3.05, 3.63) is 51.8 Å². The van der Waals surface area contributed by atoms with E-state index in [-0.39, 0.29) is 24.5 Å². The molecule has 0 aliphatic carbocycles. The van der Waals surface area contributed by atoms with Crippen molar-refractivity contribution >= 4 is 51.5 Å². The zero-order chi connectivity index (χ0) is 19.6. The number of thiophene rings is 1. The number of hydrogen-bond acceptors (Lipinski definition) is 3. The number of nitrogens with one attached hydrogen (secondary N) is 2. The van der Waals surface area contributed by atoms with Crippen LogP contribution in [0.3, 0.4) is 0 Å². The maximum atomic E-state index is 12.3. The van der Waals surface area contributed by atoms with Crippen molar-refractivity contribution in [3.8, 4) is 0 Å². The summed E-state index contributed by atoms with van der Waals surface area (Å²) in [6.07, 6.45) is 1.87. The highest BCUT2D eigenvalue weighted by Crippen LogP contribution is 2.27. The third kappa shape index (κ3) is 4.61. The molecular weight excluding hydrogens is 384 g/mol. The standard InChI is InChI=1S/C19H21ClN4O2S/c1-12(16-6-7-17(20)27-16)21-19(26)22-14-4-5-15-13(10-14)8-9-24(15)11-18(25)23(2)3/h4-10,12H,11H2,1-3H3,(H2,21,22,26). The number of fused-ring (bicyclic) bond motifs is 1. The number of amides is 3. The van der Waals surface area contributed by atoms with Crippen LogP contribution < -0.4 is 10.6 Å². The van der Waals surface area contributed by atoms with Gasteiger partial charge < -0.3 is 20.1 Å². The third-order valence-corrected chi connectivity index (χ3v) is 5.62. The van der Waals surface area contributed by atoms with Crippen molar-refractivity contribution in [2.75, 3.05) is 19.4 Å². The first-order valence-electron chi connectivity index (χ1n) is 8.45. The van der Waals surface area contributed by atoms with Crippen LogP contribution in [0.5, 0.6) is 0 Å². The predicted molar refractivity (Wildman–Crippen MR) is 111 cm³/mol. The highest BCUT2D eigenvalue weighted by atomic mass is 35.5. The number of likely N-dealkylation sites (N-methyl/N-ethyl adjacent to an activating group) is 1. The molecule has 1 aromatic carbocycles. The van der Waals surface area contributed by atoms with Crippen molar-refractivity contribution in [1.82, 2.24) is 14.8 Å². The minimum Gasteiger partial charge on any atom is -0.347 e. The maximum Gasteiger partial charge on any atom is 0.319 e. The number of hydrogen-bond donors (Lipinski definition) is 2. The van der Waals surface area contributed by atoms with Gasteiger partial charge in [0, 0.05) is 41.8 Å². The first-order valence-corrected chi connectivity index (χ1v) is 9.64. The zero-order valence-corrected chi connectivity index (χ0v) is 16.9. The molecule has 0 aliphatic heterocycles. The lowest BCUT2D eigenvalue weighted by atomic mass is 10.2. The molecule has 6 nitrogen and oxygen atoms in total. The van der Waals surface area contributed by atoms with Gasteiger partial charge in [-0.1, -0.05) is 11.6 Å². The number of halogens is 1. The molecule has 2 heterocycles. The lowest BCUT2D eigenvalue weighted by Crippen LogP contribution is -2.30. The van der Waals surface area contributed by atoms with Gasteiger partial charge in [-0.05, 0) is 43.3 Å². The van der Waals surface area contributed by atoms with Gasteiger partial charge in [-0.15, -0.1) is 11.3 Å². The Morgan fingerprint density at radius 1 is 1.22 bits per heavy atom. The lowest BCUT2D eigenvalue weighted by molar-refractivity contribution is -0.129. The quantitative estimate of drug-likeness (QED) is 0.664. The summed E-state index contributed by atoms with van der Waals surface area (Å²) in [5.74, 6) is 0.0248. The highest BCUT2D eigenvalue weighted by Gasteiger charge is 2.13. The Bertz CT molecular complexity index is 979. The van der Waals surface area contributed by atoms with E-state index in [2.05, 4.69) is 10.6 Å². The molecule has 8 heteroatoms. The second-order valence-electron chi connectivity index (χ2n) is 6.47. The summed E-state index contributed by atoms with van der Waals surface area (Å²) in [5.41, 5.74) is 1.63. The van der Waals surface area contributed by atoms with Crippen LogP contribution in [-0.4, -0.2) is 35.5 Å². The molecule has 0 spiro atoms. The molecule has 3 aromatic rings. The summed E-state index contributed by atoms with van der Waals surface area (Å²) in [5, 5.41) is 6.70. The van der Waals surface area contributed by atoms with Gasteiger partial charge in [0.15, 0.2) is 0 Å². The number of nitrogens with zero attached hydrogens (tertiary/aromatic N) is 2. The van der Waals surface area contributed by atoms with Crippen LogP contribution in [0.1, 0.15) is 17.8 Å². The Morgan fingerprint density at radius 3 is 2.67 bits per heavy atom. The van der Waals surface area contributed by atoms with Crippen molar-refractivity contribution in [2.45, 2.75) is 19.5 Å². The van der Waals surface area contributed by atoms with Gasteiger partial charge in [0.2, 0.25) is 5.91 Å². The average molecular weight is 405 g/mol. The number of anilines is 1. The Kier molecular flexibility index (Phi) is 5.72. The molecule has 2 N–H and O–H groups in total. The Labute approximate surface area is 166 Å². The highest BCUT2D eigenvalue weighted by molar-refractivity contribution is 7.16. The largest absolute Gasteiger partial charge is 0.347 e. The molecule has 0 saturated carbocycles. The van der Waals surface area contributed by atoms with Gasteiger partial charge in [0.1, 0.15) is 6.54 Å². The fraction of sp³-hybridized carbons (Fsp3) is 0.263. The molecule has 27 heavy (non-hydrogen) atoms. The Morgan fingerprint density at radius 2 is 2.00 bits per heavy atom. The van der Waals surface area contributed by atoms with Crippen LogP contribution in [0, 0.1) is 0 Å². The van der Waals surface area contributed by atoms with Crippen LogP contribution in [0.25, 0.3) is 10.9 Å². The van der Waals surface area contributed by atoms with Crippen LogP contribution >= 0.6 is 22.9 Å². The monoisotopic (exact) mass is 404 g/mol. The van der Waals surface area contributed by atoms with Gasteiger partial charge in [-0.25, -0.2) is 4.79 Å². The number of carbonyl (C=O) groups is 2. The third-order valence-electron chi connectivity index (χ3n) is 4.20. The van der Waals surface area contributed by atoms with Gasteiger partial charge in [-0.3, -0.25) is 4.79 Å². The summed E-state index contributed by atoms with van der Waals surface area (Å²) in [6.45, 7) is 2.19. The van der Waals surface area contributed by atoms with E-state index in [1.165, 1.54) is 11.3 Å². The number of urea groups is 1. The van der Waals surface area contributed by atoms with Crippen LogP contribution in [0.4, 0.5) is 10.5 Å². The molecule has 1 unspecified atom stereocenters. The zero-order valence-electron chi connectivity index (χ0n) is 15.3. The van der Waals surface area contributed by atoms with E-state index in [9.17, 15) is 9.59 Å². The van der Waals surface area contributed by atoms with E-state index in [1.807, 2.05) is 54.1 Å². The van der Waals surface area contributed by atoms with E-state index in [0.717, 1.165) is 15.8 Å². The average Bonchev–Trinajstić information content (AvgIpc) is 3.21. The number of benzene rings is 1. The second-order valence-corrected chi connectivity index (χ2v) is 8.21. The second kappa shape index (κ2) is 8.02. The van der Waals surface area contributed by atoms with Gasteiger partial charge in [0.05, 0.1) is 10.4 Å². The van der Waals surface area contributed by atoms with Crippen molar-refractivity contribution < 1.29 is 9.59 Å². The first kappa shape index (κ1) is 19.3. The number of carbonyl (C=O) groups excluding carboxylic acids is 2. The molecule has 2 aromatic heterocycles. The fourth-order valence-electron chi connectivity index (χ4n) is 2.70. The van der Waals surface area contributed by atoms with Crippen LogP contribution in [-0.2, 0) is 11.3 Å².